The van der Waals surface area contributed by atoms with Crippen molar-refractivity contribution < 1.29 is 4.79 Å². The van der Waals surface area contributed by atoms with E-state index in [0.29, 0.717) is 0 Å². The molecule has 0 bridgehead atoms. The van der Waals surface area contributed by atoms with Gasteiger partial charge < -0.3 is 5.32 Å². The quantitative estimate of drug-likeness (QED) is 0.422. The van der Waals surface area contributed by atoms with Crippen molar-refractivity contribution in [3.05, 3.63) is 11.3 Å². The van der Waals surface area contributed by atoms with Gasteiger partial charge in [-0.3, -0.25) is 4.79 Å². The number of allylic oxidation sites excluding steroid dienone is 2. The van der Waals surface area contributed by atoms with Crippen LogP contribution in [0.15, 0.2) is 11.3 Å². The minimum Gasteiger partial charge on any atom is -0.391 e. The maximum Gasteiger partial charge on any atom is 0.147 e. The molecule has 2 nitrogen and oxygen atoms in total. The summed E-state index contributed by atoms with van der Waals surface area (Å²) in [7, 11) is 1.79. The third-order valence-corrected chi connectivity index (χ3v) is 1.14. The molecule has 0 saturated carbocycles. The highest BCUT2D eigenvalue weighted by Crippen LogP contribution is 1.92. The number of aldehydes is 1. The Hall–Kier alpha value is -0.790. The Morgan fingerprint density at radius 1 is 1.50 bits per heavy atom. The zero-order chi connectivity index (χ0) is 6.57. The smallest absolute Gasteiger partial charge is 0.147 e. The highest BCUT2D eigenvalue weighted by Gasteiger charge is 1.87. The van der Waals surface area contributed by atoms with Crippen molar-refractivity contribution in [3.8, 4) is 0 Å². The third-order valence-electron chi connectivity index (χ3n) is 1.14. The Morgan fingerprint density at radius 2 is 2.00 bits per heavy atom. The van der Waals surface area contributed by atoms with Crippen LogP contribution < -0.4 is 5.32 Å². The van der Waals surface area contributed by atoms with Gasteiger partial charge in [0.1, 0.15) is 6.29 Å². The molecule has 0 aromatic heterocycles. The first-order chi connectivity index (χ1) is 3.72. The Labute approximate surface area is 49.6 Å². The molecule has 1 N–H and O–H groups in total. The molecule has 0 radical (unpaired) electrons. The lowest BCUT2D eigenvalue weighted by Gasteiger charge is -1.97. The first kappa shape index (κ1) is 7.21. The standard InChI is InChI=1S/C6H11NO/c1-5(4-8)6(2)7-3/h4,7H,1-3H3/b6-5-. The van der Waals surface area contributed by atoms with Gasteiger partial charge in [-0.25, -0.2) is 0 Å². The van der Waals surface area contributed by atoms with E-state index in [1.165, 1.54) is 0 Å². The van der Waals surface area contributed by atoms with Crippen LogP contribution in [0.1, 0.15) is 13.8 Å². The van der Waals surface area contributed by atoms with Gasteiger partial charge in [0.25, 0.3) is 0 Å². The second kappa shape index (κ2) is 3.24. The number of nitrogens with one attached hydrogen (secondary N) is 1. The van der Waals surface area contributed by atoms with Crippen molar-refractivity contribution in [3.63, 3.8) is 0 Å². The maximum absolute atomic E-state index is 10.0. The van der Waals surface area contributed by atoms with Crippen LogP contribution in [-0.2, 0) is 4.79 Å². The lowest BCUT2D eigenvalue weighted by molar-refractivity contribution is -0.104. The molecule has 0 saturated heterocycles. The molecule has 0 aliphatic carbocycles. The molecule has 0 spiro atoms. The van der Waals surface area contributed by atoms with Crippen molar-refractivity contribution in [2.75, 3.05) is 7.05 Å². The minimum absolute atomic E-state index is 0.757. The summed E-state index contributed by atoms with van der Waals surface area (Å²) >= 11 is 0. The van der Waals surface area contributed by atoms with E-state index >= 15 is 0 Å². The summed E-state index contributed by atoms with van der Waals surface area (Å²) in [6.07, 6.45) is 0.839. The largest absolute Gasteiger partial charge is 0.391 e. The Balaban J connectivity index is 4.03. The summed E-state index contributed by atoms with van der Waals surface area (Å²) in [4.78, 5) is 10.0. The van der Waals surface area contributed by atoms with Crippen molar-refractivity contribution in [1.82, 2.24) is 5.32 Å². The van der Waals surface area contributed by atoms with E-state index in [1.807, 2.05) is 6.92 Å². The van der Waals surface area contributed by atoms with Gasteiger partial charge in [0.15, 0.2) is 0 Å². The average molecular weight is 113 g/mol. The SMILES string of the molecule is CN/C(C)=C(/C)C=O. The lowest BCUT2D eigenvalue weighted by atomic mass is 10.3. The molecule has 8 heavy (non-hydrogen) atoms. The fourth-order valence-electron chi connectivity index (χ4n) is 0.286. The first-order valence-corrected chi connectivity index (χ1v) is 2.52. The molecule has 0 aliphatic heterocycles. The highest BCUT2D eigenvalue weighted by atomic mass is 16.1. The monoisotopic (exact) mass is 113 g/mol. The topological polar surface area (TPSA) is 29.1 Å². The van der Waals surface area contributed by atoms with Crippen LogP contribution in [0, 0.1) is 0 Å². The molecule has 0 aromatic rings. The predicted octanol–water partition coefficient (Wildman–Crippen LogP) is 0.699. The van der Waals surface area contributed by atoms with Crippen LogP contribution in [-0.4, -0.2) is 13.3 Å². The van der Waals surface area contributed by atoms with Crippen molar-refractivity contribution in [2.24, 2.45) is 0 Å². The van der Waals surface area contributed by atoms with E-state index in [-0.39, 0.29) is 0 Å². The summed E-state index contributed by atoms with van der Waals surface area (Å²) in [5, 5.41) is 2.86. The second-order valence-corrected chi connectivity index (χ2v) is 1.68. The van der Waals surface area contributed by atoms with Crippen molar-refractivity contribution in [2.45, 2.75) is 13.8 Å². The molecule has 0 rings (SSSR count). The molecule has 0 unspecified atom stereocenters. The summed E-state index contributed by atoms with van der Waals surface area (Å²) < 4.78 is 0. The molecule has 46 valence electrons. The van der Waals surface area contributed by atoms with Gasteiger partial charge in [0.2, 0.25) is 0 Å². The van der Waals surface area contributed by atoms with Crippen LogP contribution >= 0.6 is 0 Å². The summed E-state index contributed by atoms with van der Waals surface area (Å²) in [6, 6.07) is 0. The number of carbonyl (C=O) groups excluding carboxylic acids is 1. The summed E-state index contributed by atoms with van der Waals surface area (Å²) in [5.41, 5.74) is 1.69. The Morgan fingerprint density at radius 3 is 2.12 bits per heavy atom. The summed E-state index contributed by atoms with van der Waals surface area (Å²) in [6.45, 7) is 3.64. The molecule has 0 aromatic carbocycles. The average Bonchev–Trinajstić information content (AvgIpc) is 1.84. The Bertz CT molecular complexity index is 116. The van der Waals surface area contributed by atoms with E-state index in [1.54, 1.807) is 14.0 Å². The van der Waals surface area contributed by atoms with Gasteiger partial charge in [-0.15, -0.1) is 0 Å². The van der Waals surface area contributed by atoms with E-state index in [2.05, 4.69) is 5.32 Å². The molecular formula is C6H11NO. The van der Waals surface area contributed by atoms with Gasteiger partial charge >= 0.3 is 0 Å². The van der Waals surface area contributed by atoms with E-state index in [9.17, 15) is 4.79 Å². The highest BCUT2D eigenvalue weighted by molar-refractivity contribution is 5.73. The van der Waals surface area contributed by atoms with Gasteiger partial charge in [0, 0.05) is 18.3 Å². The number of carbonyl (C=O) groups is 1. The molecule has 2 heteroatoms. The third kappa shape index (κ3) is 1.78. The molecule has 0 aliphatic rings. The number of hydrogen-bond donors (Lipinski definition) is 1. The fourth-order valence-corrected chi connectivity index (χ4v) is 0.286. The van der Waals surface area contributed by atoms with Crippen LogP contribution in [0.4, 0.5) is 0 Å². The lowest BCUT2D eigenvalue weighted by Crippen LogP contribution is -2.04. The van der Waals surface area contributed by atoms with Crippen LogP contribution in [0.25, 0.3) is 0 Å². The van der Waals surface area contributed by atoms with E-state index < -0.39 is 0 Å². The summed E-state index contributed by atoms with van der Waals surface area (Å²) in [5.74, 6) is 0. The van der Waals surface area contributed by atoms with Crippen LogP contribution in [0.3, 0.4) is 0 Å². The Kier molecular flexibility index (Phi) is 2.92. The zero-order valence-electron chi connectivity index (χ0n) is 5.49. The fraction of sp³-hybridized carbons (Fsp3) is 0.500. The van der Waals surface area contributed by atoms with E-state index in [0.717, 1.165) is 17.6 Å². The normalized spacial score (nSPS) is 12.4. The van der Waals surface area contributed by atoms with Gasteiger partial charge in [-0.05, 0) is 13.8 Å². The predicted molar refractivity (Wildman–Crippen MR) is 33.5 cm³/mol. The van der Waals surface area contributed by atoms with Gasteiger partial charge in [0.05, 0.1) is 0 Å². The number of hydrogen-bond acceptors (Lipinski definition) is 2. The molecule has 0 fully saturated rings. The maximum atomic E-state index is 10.0. The van der Waals surface area contributed by atoms with Crippen LogP contribution in [0.5, 0.6) is 0 Å². The first-order valence-electron chi connectivity index (χ1n) is 2.52. The zero-order valence-corrected chi connectivity index (χ0v) is 5.49. The van der Waals surface area contributed by atoms with Crippen molar-refractivity contribution in [1.29, 1.82) is 0 Å². The second-order valence-electron chi connectivity index (χ2n) is 1.68. The van der Waals surface area contributed by atoms with Gasteiger partial charge in [-0.1, -0.05) is 0 Å². The van der Waals surface area contributed by atoms with Crippen molar-refractivity contribution >= 4 is 6.29 Å². The van der Waals surface area contributed by atoms with E-state index in [4.69, 9.17) is 0 Å². The van der Waals surface area contributed by atoms with Crippen LogP contribution in [0.2, 0.25) is 0 Å². The molecular weight excluding hydrogens is 102 g/mol. The molecule has 0 amide bonds. The minimum atomic E-state index is 0.757. The molecule has 0 heterocycles. The molecule has 0 atom stereocenters. The van der Waals surface area contributed by atoms with Gasteiger partial charge in [-0.2, -0.15) is 0 Å². The number of rotatable bonds is 2.